The Labute approximate surface area is 807 Å². The van der Waals surface area contributed by atoms with Gasteiger partial charge in [-0.15, -0.1) is 0 Å². The standard InChI is InChI=1S/C132H80N8O/c1-2-28-89(29-3-1)133-127-63-54-87(75-109(127)110-77-93(56-64-128(110)133)137-121-48-19-10-39-103(121)106-72-84(51-60-124(106)137)81-25-22-30-90(69-81)134-115-42-13-4-33-97(115)98-34-5-14-43-116(98)134)88-55-67-131-113(76-88)114-80-96(59-68-132(114)141-131)140-129-65-57-94(138-122-49-20-11-40-104(122)107-73-85(52-61-125(107)138)82-26-23-31-91(70-82)135-117-44-15-6-35-99(117)100-36-7-16-45-118(100)135)78-111(129)112-79-95(58-66-130(112)140)139-123-50-21-12-41-105(123)108-74-86(53-62-126(108)139)83-27-24-32-92(71-83)136-119-46-17-8-37-101(119)102-38-9-18-47-120(102)136/h1-80H. The number of aromatic nitrogens is 8. The summed E-state index contributed by atoms with van der Waals surface area (Å²) in [5.74, 6) is 0. The molecule has 0 aliphatic heterocycles. The van der Waals surface area contributed by atoms with Gasteiger partial charge in [-0.1, -0.05) is 249 Å². The fourth-order valence-electron chi connectivity index (χ4n) is 24.2. The van der Waals surface area contributed by atoms with Crippen LogP contribution >= 0.6 is 0 Å². The van der Waals surface area contributed by atoms with Crippen molar-refractivity contribution in [1.29, 1.82) is 0 Å². The van der Waals surface area contributed by atoms with Gasteiger partial charge in [0.1, 0.15) is 11.2 Å². The molecule has 0 N–H and O–H groups in total. The molecule has 0 saturated carbocycles. The number of para-hydroxylation sites is 10. The molecule has 22 aromatic carbocycles. The molecule has 0 fully saturated rings. The smallest absolute Gasteiger partial charge is 0.135 e. The van der Waals surface area contributed by atoms with Crippen LogP contribution in [-0.2, 0) is 0 Å². The van der Waals surface area contributed by atoms with Crippen LogP contribution in [0, 0.1) is 0 Å². The fraction of sp³-hybridized carbons (Fsp3) is 0. The lowest BCUT2D eigenvalue weighted by Gasteiger charge is -2.12. The zero-order valence-electron chi connectivity index (χ0n) is 76.2. The molecule has 0 amide bonds. The van der Waals surface area contributed by atoms with E-state index in [2.05, 4.69) is 522 Å². The van der Waals surface area contributed by atoms with Crippen molar-refractivity contribution in [3.63, 3.8) is 0 Å². The Kier molecular flexibility index (Phi) is 16.3. The molecule has 9 aromatic heterocycles. The summed E-state index contributed by atoms with van der Waals surface area (Å²) < 4.78 is 26.5. The molecular formula is C132H80N8O. The van der Waals surface area contributed by atoms with Crippen LogP contribution in [0.15, 0.2) is 490 Å². The summed E-state index contributed by atoms with van der Waals surface area (Å²) in [5, 5.41) is 21.4. The van der Waals surface area contributed by atoms with Gasteiger partial charge in [0, 0.05) is 142 Å². The maximum absolute atomic E-state index is 6.95. The summed E-state index contributed by atoms with van der Waals surface area (Å²) in [6, 6.07) is 180. The summed E-state index contributed by atoms with van der Waals surface area (Å²) in [4.78, 5) is 0. The highest BCUT2D eigenvalue weighted by Gasteiger charge is 2.27. The molecule has 654 valence electrons. The first-order valence-electron chi connectivity index (χ1n) is 48.5. The topological polar surface area (TPSA) is 52.6 Å². The molecule has 0 spiro atoms. The minimum absolute atomic E-state index is 0.826. The first kappa shape index (κ1) is 77.3. The molecule has 141 heavy (non-hydrogen) atoms. The van der Waals surface area contributed by atoms with Gasteiger partial charge in [0.05, 0.1) is 88.3 Å². The van der Waals surface area contributed by atoms with E-state index in [1.165, 1.54) is 114 Å². The Morgan fingerprint density at radius 2 is 0.270 bits per heavy atom. The van der Waals surface area contributed by atoms with Crippen LogP contribution in [0.25, 0.3) is 286 Å². The quantitative estimate of drug-likeness (QED) is 0.120. The second-order valence-corrected chi connectivity index (χ2v) is 37.8. The lowest BCUT2D eigenvalue weighted by molar-refractivity contribution is 0.669. The minimum atomic E-state index is 0.826. The van der Waals surface area contributed by atoms with E-state index in [-0.39, 0.29) is 0 Å². The van der Waals surface area contributed by atoms with Crippen molar-refractivity contribution >= 4 is 196 Å². The van der Waals surface area contributed by atoms with Crippen LogP contribution in [-0.4, -0.2) is 36.5 Å². The SMILES string of the molecule is c1ccc(-n2c3ccc(-c4ccc5oc6ccc(-n7c8ccc(-n9c%10ccccc%10c%10cc(-c%11cccc(-n%12c%13ccccc%13c%13ccccc%13%12)c%11)ccc%109)cc8c8cc(-n9c%10ccccc%10c%10cc(-c%11cccc(-n%12c%13ccccc%13c%13ccccc%13%12)c%11)ccc%109)ccc87)cc6c5c4)cc3c3cc(-n4c5ccccc5c5cc(-c6cccc(-n7c8ccccc8c8ccccc87)c6)ccc54)ccc32)cc1. The molecule has 0 aliphatic rings. The molecule has 0 atom stereocenters. The summed E-state index contributed by atoms with van der Waals surface area (Å²) in [6.45, 7) is 0. The first-order chi connectivity index (χ1) is 69.9. The second kappa shape index (κ2) is 29.8. The Hall–Kier alpha value is -19.0. The van der Waals surface area contributed by atoms with Crippen molar-refractivity contribution in [2.45, 2.75) is 0 Å². The van der Waals surface area contributed by atoms with Crippen molar-refractivity contribution in [1.82, 2.24) is 36.5 Å². The van der Waals surface area contributed by atoms with Crippen molar-refractivity contribution in [3.8, 4) is 90.0 Å². The van der Waals surface area contributed by atoms with Gasteiger partial charge >= 0.3 is 0 Å². The van der Waals surface area contributed by atoms with Gasteiger partial charge in [0.25, 0.3) is 0 Å². The lowest BCUT2D eigenvalue weighted by atomic mass is 10.0. The van der Waals surface area contributed by atoms with E-state index in [1.807, 2.05) is 0 Å². The van der Waals surface area contributed by atoms with Crippen molar-refractivity contribution < 1.29 is 4.42 Å². The zero-order valence-corrected chi connectivity index (χ0v) is 76.2. The summed E-state index contributed by atoms with van der Waals surface area (Å²) >= 11 is 0. The minimum Gasteiger partial charge on any atom is -0.456 e. The van der Waals surface area contributed by atoms with Crippen LogP contribution in [0.5, 0.6) is 0 Å². The molecule has 9 heterocycles. The zero-order chi connectivity index (χ0) is 91.9. The van der Waals surface area contributed by atoms with Crippen LogP contribution in [0.4, 0.5) is 0 Å². The monoisotopic (exact) mass is 1790 g/mol. The molecule has 31 rings (SSSR count). The van der Waals surface area contributed by atoms with Gasteiger partial charge in [-0.05, 0) is 281 Å². The van der Waals surface area contributed by atoms with Crippen LogP contribution in [0.1, 0.15) is 0 Å². The molecule has 9 nitrogen and oxygen atoms in total. The number of hydrogen-bond acceptors (Lipinski definition) is 1. The van der Waals surface area contributed by atoms with Crippen molar-refractivity contribution in [2.24, 2.45) is 0 Å². The molecule has 31 aromatic rings. The molecular weight excluding hydrogens is 1710 g/mol. The van der Waals surface area contributed by atoms with Gasteiger partial charge in [0.2, 0.25) is 0 Å². The Bertz CT molecular complexity index is 10300. The van der Waals surface area contributed by atoms with E-state index >= 15 is 0 Å². The molecule has 0 saturated heterocycles. The highest BCUT2D eigenvalue weighted by Crippen LogP contribution is 2.48. The Balaban J connectivity index is 0.546. The highest BCUT2D eigenvalue weighted by molar-refractivity contribution is 6.20. The average molecular weight is 1790 g/mol. The third-order valence-electron chi connectivity index (χ3n) is 30.4. The molecule has 0 unspecified atom stereocenters. The van der Waals surface area contributed by atoms with Gasteiger partial charge in [-0.25, -0.2) is 0 Å². The average Bonchev–Trinajstić information content (AvgIpc) is 1.56. The van der Waals surface area contributed by atoms with Crippen molar-refractivity contribution in [2.75, 3.05) is 0 Å². The molecule has 9 heteroatoms. The van der Waals surface area contributed by atoms with Gasteiger partial charge < -0.3 is 41.0 Å². The van der Waals surface area contributed by atoms with Crippen LogP contribution in [0.2, 0.25) is 0 Å². The number of benzene rings is 22. The van der Waals surface area contributed by atoms with E-state index in [1.54, 1.807) is 0 Å². The van der Waals surface area contributed by atoms with E-state index in [0.29, 0.717) is 0 Å². The molecule has 0 aliphatic carbocycles. The predicted molar refractivity (Wildman–Crippen MR) is 590 cm³/mol. The summed E-state index contributed by atoms with van der Waals surface area (Å²) in [7, 11) is 0. The van der Waals surface area contributed by atoms with E-state index in [0.717, 1.165) is 172 Å². The second-order valence-electron chi connectivity index (χ2n) is 37.8. The van der Waals surface area contributed by atoms with E-state index < -0.39 is 0 Å². The summed E-state index contributed by atoms with van der Waals surface area (Å²) in [5.41, 5.74) is 38.1. The van der Waals surface area contributed by atoms with Crippen molar-refractivity contribution in [3.05, 3.63) is 485 Å². The van der Waals surface area contributed by atoms with Gasteiger partial charge in [-0.3, -0.25) is 0 Å². The summed E-state index contributed by atoms with van der Waals surface area (Å²) in [6.07, 6.45) is 0. The largest absolute Gasteiger partial charge is 0.456 e. The van der Waals surface area contributed by atoms with E-state index in [4.69, 9.17) is 4.42 Å². The number of fused-ring (bicyclic) bond motifs is 27. The fourth-order valence-corrected chi connectivity index (χ4v) is 24.2. The lowest BCUT2D eigenvalue weighted by Crippen LogP contribution is -1.96. The van der Waals surface area contributed by atoms with Crippen LogP contribution in [0.3, 0.4) is 0 Å². The Morgan fingerprint density at radius 3 is 0.560 bits per heavy atom. The number of hydrogen-bond donors (Lipinski definition) is 0. The predicted octanol–water partition coefficient (Wildman–Crippen LogP) is 35.0. The van der Waals surface area contributed by atoms with E-state index in [9.17, 15) is 0 Å². The number of nitrogens with zero attached hydrogens (tertiary/aromatic N) is 8. The normalized spacial score (nSPS) is 12.3. The highest BCUT2D eigenvalue weighted by atomic mass is 16.3. The molecule has 0 bridgehead atoms. The maximum Gasteiger partial charge on any atom is 0.135 e. The van der Waals surface area contributed by atoms with Gasteiger partial charge in [0.15, 0.2) is 0 Å². The van der Waals surface area contributed by atoms with Crippen LogP contribution < -0.4 is 0 Å². The maximum atomic E-state index is 6.95. The molecule has 0 radical (unpaired) electrons. The third-order valence-corrected chi connectivity index (χ3v) is 30.4. The first-order valence-corrected chi connectivity index (χ1v) is 48.5. The Morgan fingerprint density at radius 1 is 0.0993 bits per heavy atom. The number of furan rings is 1. The van der Waals surface area contributed by atoms with Gasteiger partial charge in [-0.2, -0.15) is 0 Å². The third kappa shape index (κ3) is 11.4. The number of rotatable bonds is 12.